The number of benzene rings is 2. The highest BCUT2D eigenvalue weighted by Gasteiger charge is 2.36. The summed E-state index contributed by atoms with van der Waals surface area (Å²) in [5, 5.41) is 3.53. The Morgan fingerprint density at radius 2 is 1.67 bits per heavy atom. The van der Waals surface area contributed by atoms with Gasteiger partial charge in [0.15, 0.2) is 11.5 Å². The molecule has 0 saturated heterocycles. The highest BCUT2D eigenvalue weighted by atomic mass is 15.1. The predicted octanol–water partition coefficient (Wildman–Crippen LogP) is 5.14. The van der Waals surface area contributed by atoms with Crippen molar-refractivity contribution >= 4 is 11.2 Å². The van der Waals surface area contributed by atoms with E-state index in [1.807, 2.05) is 36.5 Å². The van der Waals surface area contributed by atoms with E-state index in [2.05, 4.69) is 63.3 Å². The number of hydrogen-bond donors (Lipinski definition) is 1. The number of para-hydroxylation sites is 1. The number of nitrogens with zero attached hydrogens (tertiary/aromatic N) is 5. The molecule has 6 heteroatoms. The summed E-state index contributed by atoms with van der Waals surface area (Å²) in [5.74, 6) is 1.48. The van der Waals surface area contributed by atoms with E-state index in [9.17, 15) is 0 Å². The molecule has 3 aromatic heterocycles. The van der Waals surface area contributed by atoms with Crippen LogP contribution in [0.15, 0.2) is 85.3 Å². The third kappa shape index (κ3) is 3.31. The Hall–Kier alpha value is -3.90. The summed E-state index contributed by atoms with van der Waals surface area (Å²) in [6.45, 7) is 0. The van der Waals surface area contributed by atoms with Gasteiger partial charge in [0.25, 0.3) is 0 Å². The summed E-state index contributed by atoms with van der Waals surface area (Å²) in [4.78, 5) is 18.6. The van der Waals surface area contributed by atoms with Gasteiger partial charge < -0.3 is 5.32 Å². The minimum atomic E-state index is 0.113. The van der Waals surface area contributed by atoms with Crippen LogP contribution in [-0.4, -0.2) is 31.6 Å². The molecule has 0 aliphatic heterocycles. The van der Waals surface area contributed by atoms with E-state index in [1.165, 1.54) is 24.8 Å². The largest absolute Gasteiger partial charge is 0.310 e. The normalized spacial score (nSPS) is 14.8. The molecule has 1 saturated carbocycles. The standard InChI is InChI=1S/C27H24N6/c1-28-27(14-6-15-27)21-12-10-19(11-13-21)26-32-25-23(33(26)22-8-3-2-4-9-22)18-30-24(31-25)20-7-5-16-29-17-20/h2-5,7-13,16-18,28H,6,14-15H2,1H3. The van der Waals surface area contributed by atoms with Crippen molar-refractivity contribution in [3.63, 3.8) is 0 Å². The maximum atomic E-state index is 4.97. The molecule has 162 valence electrons. The minimum Gasteiger partial charge on any atom is -0.310 e. The van der Waals surface area contributed by atoms with Crippen molar-refractivity contribution in [1.29, 1.82) is 0 Å². The first kappa shape index (κ1) is 19.8. The molecule has 6 nitrogen and oxygen atoms in total. The lowest BCUT2D eigenvalue weighted by atomic mass is 9.72. The summed E-state index contributed by atoms with van der Waals surface area (Å²) < 4.78 is 2.13. The van der Waals surface area contributed by atoms with Gasteiger partial charge in [0.05, 0.1) is 6.20 Å². The molecule has 5 aromatic rings. The molecule has 6 rings (SSSR count). The smallest absolute Gasteiger partial charge is 0.182 e. The highest BCUT2D eigenvalue weighted by Crippen LogP contribution is 2.41. The van der Waals surface area contributed by atoms with Crippen LogP contribution in [0.3, 0.4) is 0 Å². The van der Waals surface area contributed by atoms with Gasteiger partial charge in [-0.05, 0) is 56.1 Å². The summed E-state index contributed by atoms with van der Waals surface area (Å²) in [7, 11) is 2.06. The summed E-state index contributed by atoms with van der Waals surface area (Å²) >= 11 is 0. The van der Waals surface area contributed by atoms with Gasteiger partial charge >= 0.3 is 0 Å². The van der Waals surface area contributed by atoms with Crippen LogP contribution in [-0.2, 0) is 5.54 Å². The quantitative estimate of drug-likeness (QED) is 0.416. The molecule has 3 heterocycles. The first-order chi connectivity index (χ1) is 16.3. The van der Waals surface area contributed by atoms with Gasteiger partial charge in [-0.2, -0.15) is 0 Å². The molecule has 1 aliphatic rings. The van der Waals surface area contributed by atoms with Gasteiger partial charge in [-0.1, -0.05) is 42.5 Å². The predicted molar refractivity (Wildman–Crippen MR) is 130 cm³/mol. The molecule has 0 unspecified atom stereocenters. The van der Waals surface area contributed by atoms with Crippen LogP contribution < -0.4 is 5.32 Å². The molecule has 1 N–H and O–H groups in total. The van der Waals surface area contributed by atoms with E-state index in [0.717, 1.165) is 28.2 Å². The fourth-order valence-corrected chi connectivity index (χ4v) is 4.69. The monoisotopic (exact) mass is 432 g/mol. The number of rotatable bonds is 5. The van der Waals surface area contributed by atoms with Crippen LogP contribution in [0.5, 0.6) is 0 Å². The van der Waals surface area contributed by atoms with Crippen molar-refractivity contribution in [2.24, 2.45) is 0 Å². The van der Waals surface area contributed by atoms with E-state index in [1.54, 1.807) is 12.4 Å². The van der Waals surface area contributed by atoms with Gasteiger partial charge in [-0.25, -0.2) is 15.0 Å². The molecular weight excluding hydrogens is 408 g/mol. The van der Waals surface area contributed by atoms with E-state index in [4.69, 9.17) is 9.97 Å². The summed E-state index contributed by atoms with van der Waals surface area (Å²) in [6, 6.07) is 22.9. The van der Waals surface area contributed by atoms with E-state index >= 15 is 0 Å². The van der Waals surface area contributed by atoms with Gasteiger partial charge in [0.2, 0.25) is 0 Å². The van der Waals surface area contributed by atoms with E-state index in [0.29, 0.717) is 11.5 Å². The van der Waals surface area contributed by atoms with Crippen molar-refractivity contribution in [3.8, 4) is 28.5 Å². The third-order valence-electron chi connectivity index (χ3n) is 6.73. The zero-order chi connectivity index (χ0) is 22.3. The fourth-order valence-electron chi connectivity index (χ4n) is 4.69. The van der Waals surface area contributed by atoms with Crippen LogP contribution >= 0.6 is 0 Å². The van der Waals surface area contributed by atoms with Crippen LogP contribution in [0.4, 0.5) is 0 Å². The van der Waals surface area contributed by atoms with Crippen molar-refractivity contribution in [1.82, 2.24) is 29.8 Å². The Morgan fingerprint density at radius 3 is 2.33 bits per heavy atom. The van der Waals surface area contributed by atoms with Crippen LogP contribution in [0, 0.1) is 0 Å². The second-order valence-electron chi connectivity index (χ2n) is 8.51. The molecule has 0 atom stereocenters. The van der Waals surface area contributed by atoms with E-state index < -0.39 is 0 Å². The lowest BCUT2D eigenvalue weighted by Crippen LogP contribution is -2.45. The van der Waals surface area contributed by atoms with Gasteiger partial charge in [0.1, 0.15) is 11.3 Å². The first-order valence-corrected chi connectivity index (χ1v) is 11.3. The number of pyridine rings is 1. The number of hydrogen-bond acceptors (Lipinski definition) is 5. The fraction of sp³-hybridized carbons (Fsp3) is 0.185. The lowest BCUT2D eigenvalue weighted by molar-refractivity contribution is 0.201. The van der Waals surface area contributed by atoms with Gasteiger partial charge in [0, 0.05) is 34.7 Å². The second kappa shape index (κ2) is 7.90. The highest BCUT2D eigenvalue weighted by molar-refractivity contribution is 5.81. The molecule has 0 radical (unpaired) electrons. The second-order valence-corrected chi connectivity index (χ2v) is 8.51. The molecule has 0 amide bonds. The van der Waals surface area contributed by atoms with Crippen molar-refractivity contribution in [2.45, 2.75) is 24.8 Å². The SMILES string of the molecule is CNC1(c2ccc(-c3nc4nc(-c5cccnc5)ncc4n3-c3ccccc3)cc2)CCC1. The summed E-state index contributed by atoms with van der Waals surface area (Å²) in [6.07, 6.45) is 9.00. The zero-order valence-electron chi connectivity index (χ0n) is 18.4. The third-order valence-corrected chi connectivity index (χ3v) is 6.73. The molecule has 0 bridgehead atoms. The number of imidazole rings is 1. The first-order valence-electron chi connectivity index (χ1n) is 11.3. The molecule has 1 fully saturated rings. The van der Waals surface area contributed by atoms with Gasteiger partial charge in [-0.15, -0.1) is 0 Å². The number of aromatic nitrogens is 5. The summed E-state index contributed by atoms with van der Waals surface area (Å²) in [5.41, 5.74) is 5.94. The Balaban J connectivity index is 1.50. The Labute approximate surface area is 192 Å². The van der Waals surface area contributed by atoms with Gasteiger partial charge in [-0.3, -0.25) is 9.55 Å². The maximum Gasteiger partial charge on any atom is 0.182 e. The topological polar surface area (TPSA) is 68.5 Å². The van der Waals surface area contributed by atoms with Crippen molar-refractivity contribution in [3.05, 3.63) is 90.9 Å². The van der Waals surface area contributed by atoms with Crippen LogP contribution in [0.2, 0.25) is 0 Å². The maximum absolute atomic E-state index is 4.97. The van der Waals surface area contributed by atoms with Crippen LogP contribution in [0.1, 0.15) is 24.8 Å². The van der Waals surface area contributed by atoms with Crippen molar-refractivity contribution in [2.75, 3.05) is 7.05 Å². The van der Waals surface area contributed by atoms with Crippen LogP contribution in [0.25, 0.3) is 39.6 Å². The Kier molecular flexibility index (Phi) is 4.73. The average Bonchev–Trinajstić information content (AvgIpc) is 3.24. The Bertz CT molecular complexity index is 1400. The zero-order valence-corrected chi connectivity index (χ0v) is 18.4. The Morgan fingerprint density at radius 1 is 0.848 bits per heavy atom. The molecular formula is C27H24N6. The van der Waals surface area contributed by atoms with E-state index in [-0.39, 0.29) is 5.54 Å². The molecule has 1 aliphatic carbocycles. The van der Waals surface area contributed by atoms with Crippen molar-refractivity contribution < 1.29 is 0 Å². The molecule has 33 heavy (non-hydrogen) atoms. The lowest BCUT2D eigenvalue weighted by Gasteiger charge is -2.42. The minimum absolute atomic E-state index is 0.113. The number of nitrogens with one attached hydrogen (secondary N) is 1. The molecule has 0 spiro atoms. The number of fused-ring (bicyclic) bond motifs is 1. The molecule has 2 aromatic carbocycles. The average molecular weight is 433 g/mol.